The van der Waals surface area contributed by atoms with Gasteiger partial charge < -0.3 is 14.5 Å². The number of benzene rings is 1. The molecule has 0 N–H and O–H groups in total. The molecule has 0 spiro atoms. The number of hydrogen-bond donors (Lipinski definition) is 0. The van der Waals surface area contributed by atoms with E-state index in [0.29, 0.717) is 18.7 Å². The summed E-state index contributed by atoms with van der Waals surface area (Å²) in [6.45, 7) is 7.50. The Morgan fingerprint density at radius 3 is 2.56 bits per heavy atom. The molecule has 1 aromatic rings. The van der Waals surface area contributed by atoms with Crippen LogP contribution in [0.4, 0.5) is 4.79 Å². The summed E-state index contributed by atoms with van der Waals surface area (Å²) in [7, 11) is 2.29. The van der Waals surface area contributed by atoms with Crippen molar-refractivity contribution in [2.45, 2.75) is 51.1 Å². The second kappa shape index (κ2) is 10.1. The summed E-state index contributed by atoms with van der Waals surface area (Å²) in [6.07, 6.45) is 5.66. The third kappa shape index (κ3) is 5.69. The third-order valence-corrected chi connectivity index (χ3v) is 6.18. The lowest BCUT2D eigenvalue weighted by Crippen LogP contribution is -2.53. The van der Waals surface area contributed by atoms with Crippen LogP contribution in [0, 0.1) is 0 Å². The topological polar surface area (TPSA) is 36.0 Å². The predicted octanol–water partition coefficient (Wildman–Crippen LogP) is 3.25. The molecule has 5 heteroatoms. The summed E-state index contributed by atoms with van der Waals surface area (Å²) < 4.78 is 5.14. The van der Waals surface area contributed by atoms with Gasteiger partial charge in [-0.25, -0.2) is 4.79 Å². The summed E-state index contributed by atoms with van der Waals surface area (Å²) in [5.74, 6) is 0. The molecule has 1 aromatic carbocycles. The fourth-order valence-electron chi connectivity index (χ4n) is 4.47. The van der Waals surface area contributed by atoms with Crippen molar-refractivity contribution in [3.05, 3.63) is 35.9 Å². The van der Waals surface area contributed by atoms with Gasteiger partial charge in [-0.15, -0.1) is 0 Å². The van der Waals surface area contributed by atoms with Gasteiger partial charge in [-0.2, -0.15) is 0 Å². The Morgan fingerprint density at radius 1 is 1.11 bits per heavy atom. The third-order valence-electron chi connectivity index (χ3n) is 6.18. The quantitative estimate of drug-likeness (QED) is 0.767. The van der Waals surface area contributed by atoms with E-state index in [-0.39, 0.29) is 6.09 Å². The molecule has 2 heterocycles. The Balaban J connectivity index is 1.44. The molecule has 27 heavy (non-hydrogen) atoms. The van der Waals surface area contributed by atoms with Crippen LogP contribution in [0.3, 0.4) is 0 Å². The Morgan fingerprint density at radius 2 is 1.85 bits per heavy atom. The number of rotatable bonds is 6. The monoisotopic (exact) mass is 373 g/mol. The first-order valence-electron chi connectivity index (χ1n) is 10.6. The molecule has 0 aliphatic carbocycles. The average molecular weight is 374 g/mol. The van der Waals surface area contributed by atoms with Crippen LogP contribution in [0.15, 0.2) is 30.3 Å². The highest BCUT2D eigenvalue weighted by Crippen LogP contribution is 2.23. The molecule has 5 nitrogen and oxygen atoms in total. The van der Waals surface area contributed by atoms with Crippen LogP contribution in [-0.4, -0.2) is 79.3 Å². The Kier molecular flexibility index (Phi) is 7.53. The smallest absolute Gasteiger partial charge is 0.409 e. The highest BCUT2D eigenvalue weighted by atomic mass is 16.6. The van der Waals surface area contributed by atoms with Crippen LogP contribution in [0.25, 0.3) is 0 Å². The SMILES string of the molecule is CCOC(=O)N1CCC(N(C)C2CCCN(CCc3ccccc3)C2)CC1. The molecule has 1 atom stereocenters. The van der Waals surface area contributed by atoms with Gasteiger partial charge in [0, 0.05) is 38.3 Å². The Bertz CT molecular complexity index is 572. The first kappa shape index (κ1) is 20.2. The molecular formula is C22H35N3O2. The van der Waals surface area contributed by atoms with E-state index in [4.69, 9.17) is 4.74 Å². The van der Waals surface area contributed by atoms with E-state index < -0.39 is 0 Å². The molecule has 3 rings (SSSR count). The zero-order valence-corrected chi connectivity index (χ0v) is 17.0. The minimum Gasteiger partial charge on any atom is -0.450 e. The van der Waals surface area contributed by atoms with E-state index in [0.717, 1.165) is 38.9 Å². The number of hydrogen-bond acceptors (Lipinski definition) is 4. The maximum Gasteiger partial charge on any atom is 0.409 e. The second-order valence-corrected chi connectivity index (χ2v) is 7.91. The number of likely N-dealkylation sites (tertiary alicyclic amines) is 2. The lowest BCUT2D eigenvalue weighted by Gasteiger charge is -2.43. The van der Waals surface area contributed by atoms with E-state index in [1.165, 1.54) is 31.5 Å². The van der Waals surface area contributed by atoms with Crippen molar-refractivity contribution in [1.29, 1.82) is 0 Å². The number of nitrogens with zero attached hydrogens (tertiary/aromatic N) is 3. The summed E-state index contributed by atoms with van der Waals surface area (Å²) >= 11 is 0. The molecule has 1 amide bonds. The van der Waals surface area contributed by atoms with Crippen LogP contribution in [0.2, 0.25) is 0 Å². The van der Waals surface area contributed by atoms with Gasteiger partial charge in [-0.3, -0.25) is 4.90 Å². The molecule has 0 saturated carbocycles. The summed E-state index contributed by atoms with van der Waals surface area (Å²) in [5, 5.41) is 0. The first-order chi connectivity index (χ1) is 13.2. The number of piperidine rings is 2. The number of ether oxygens (including phenoxy) is 1. The van der Waals surface area contributed by atoms with Crippen LogP contribution < -0.4 is 0 Å². The van der Waals surface area contributed by atoms with E-state index in [2.05, 4.69) is 47.2 Å². The minimum absolute atomic E-state index is 0.150. The molecular weight excluding hydrogens is 338 g/mol. The molecule has 1 unspecified atom stereocenters. The number of carbonyl (C=O) groups is 1. The lowest BCUT2D eigenvalue weighted by molar-refractivity contribution is 0.0473. The molecule has 2 saturated heterocycles. The fraction of sp³-hybridized carbons (Fsp3) is 0.682. The van der Waals surface area contributed by atoms with E-state index in [1.54, 1.807) is 0 Å². The van der Waals surface area contributed by atoms with Crippen molar-refractivity contribution in [2.75, 3.05) is 46.4 Å². The van der Waals surface area contributed by atoms with Gasteiger partial charge in [0.05, 0.1) is 6.61 Å². The maximum atomic E-state index is 11.9. The normalized spacial score (nSPS) is 22.2. The van der Waals surface area contributed by atoms with Gasteiger partial charge in [-0.05, 0) is 58.2 Å². The fourth-order valence-corrected chi connectivity index (χ4v) is 4.47. The van der Waals surface area contributed by atoms with Crippen LogP contribution in [0.5, 0.6) is 0 Å². The largest absolute Gasteiger partial charge is 0.450 e. The Hall–Kier alpha value is -1.59. The molecule has 0 radical (unpaired) electrons. The highest BCUT2D eigenvalue weighted by Gasteiger charge is 2.31. The van der Waals surface area contributed by atoms with E-state index in [1.807, 2.05) is 11.8 Å². The van der Waals surface area contributed by atoms with Gasteiger partial charge in [0.1, 0.15) is 0 Å². The second-order valence-electron chi connectivity index (χ2n) is 7.91. The van der Waals surface area contributed by atoms with Crippen LogP contribution >= 0.6 is 0 Å². The highest BCUT2D eigenvalue weighted by molar-refractivity contribution is 5.67. The zero-order valence-electron chi connectivity index (χ0n) is 17.0. The molecule has 2 fully saturated rings. The predicted molar refractivity (Wildman–Crippen MR) is 109 cm³/mol. The summed E-state index contributed by atoms with van der Waals surface area (Å²) in [6, 6.07) is 12.0. The van der Waals surface area contributed by atoms with Gasteiger partial charge in [0.15, 0.2) is 0 Å². The summed E-state index contributed by atoms with van der Waals surface area (Å²) in [5.41, 5.74) is 1.43. The number of likely N-dealkylation sites (N-methyl/N-ethyl adjacent to an activating group) is 1. The number of carbonyl (C=O) groups excluding carboxylic acids is 1. The number of amides is 1. The zero-order chi connectivity index (χ0) is 19.1. The molecule has 2 aliphatic rings. The van der Waals surface area contributed by atoms with Gasteiger partial charge in [-0.1, -0.05) is 30.3 Å². The van der Waals surface area contributed by atoms with E-state index in [9.17, 15) is 4.79 Å². The van der Waals surface area contributed by atoms with Crippen LogP contribution in [0.1, 0.15) is 38.2 Å². The van der Waals surface area contributed by atoms with Crippen molar-refractivity contribution in [1.82, 2.24) is 14.7 Å². The molecule has 0 bridgehead atoms. The lowest BCUT2D eigenvalue weighted by atomic mass is 9.97. The average Bonchev–Trinajstić information content (AvgIpc) is 2.73. The van der Waals surface area contributed by atoms with Gasteiger partial charge in [0.2, 0.25) is 0 Å². The van der Waals surface area contributed by atoms with Gasteiger partial charge in [0.25, 0.3) is 0 Å². The standard InChI is InChI=1S/C22H35N3O2/c1-3-27-22(26)25-16-12-20(13-17-25)23(2)21-10-7-14-24(18-21)15-11-19-8-5-4-6-9-19/h4-6,8-9,20-21H,3,7,10-18H2,1-2H3. The summed E-state index contributed by atoms with van der Waals surface area (Å²) in [4.78, 5) is 19.0. The molecule has 0 aromatic heterocycles. The van der Waals surface area contributed by atoms with Gasteiger partial charge >= 0.3 is 6.09 Å². The minimum atomic E-state index is -0.150. The maximum absolute atomic E-state index is 11.9. The van der Waals surface area contributed by atoms with E-state index >= 15 is 0 Å². The molecule has 150 valence electrons. The van der Waals surface area contributed by atoms with Crippen molar-refractivity contribution >= 4 is 6.09 Å². The first-order valence-corrected chi connectivity index (χ1v) is 10.6. The van der Waals surface area contributed by atoms with Crippen molar-refractivity contribution in [3.8, 4) is 0 Å². The van der Waals surface area contributed by atoms with Crippen molar-refractivity contribution < 1.29 is 9.53 Å². The van der Waals surface area contributed by atoms with Crippen LogP contribution in [-0.2, 0) is 11.2 Å². The Labute approximate surface area is 164 Å². The van der Waals surface area contributed by atoms with Crippen molar-refractivity contribution in [3.63, 3.8) is 0 Å². The molecule has 2 aliphatic heterocycles. The van der Waals surface area contributed by atoms with Crippen molar-refractivity contribution in [2.24, 2.45) is 0 Å².